The molecule has 0 N–H and O–H groups in total. The van der Waals surface area contributed by atoms with Gasteiger partial charge < -0.3 is 0 Å². The molecule has 0 aromatic rings. The molecule has 2 aliphatic rings. The summed E-state index contributed by atoms with van der Waals surface area (Å²) in [6, 6.07) is 2.25. The standard InChI is InChI=1S/C21H17N/c1-3-17(2)7-6-10-21(16-22)20-13-11-18-8-4-5-9-19(15-18)12-14-20/h1,4-14H,15H2,2H3/b10-6+,13-11-,14-12-,17-7-. The van der Waals surface area contributed by atoms with E-state index >= 15 is 0 Å². The predicted molar refractivity (Wildman–Crippen MR) is 92.6 cm³/mol. The zero-order chi connectivity index (χ0) is 15.8. The number of fused-ring (bicyclic) bond motifs is 2. The van der Waals surface area contributed by atoms with Crippen molar-refractivity contribution in [3.63, 3.8) is 0 Å². The number of terminal acetylenes is 1. The summed E-state index contributed by atoms with van der Waals surface area (Å²) < 4.78 is 0. The van der Waals surface area contributed by atoms with Crippen LogP contribution in [0.25, 0.3) is 0 Å². The van der Waals surface area contributed by atoms with Crippen molar-refractivity contribution in [2.24, 2.45) is 0 Å². The van der Waals surface area contributed by atoms with Crippen LogP contribution in [0.4, 0.5) is 0 Å². The summed E-state index contributed by atoms with van der Waals surface area (Å²) in [5.41, 5.74) is 4.79. The molecule has 2 aliphatic carbocycles. The Balaban J connectivity index is 2.38. The van der Waals surface area contributed by atoms with Crippen LogP contribution in [0.15, 0.2) is 94.7 Å². The molecule has 0 aliphatic heterocycles. The number of nitrogens with zero attached hydrogens (tertiary/aromatic N) is 1. The molecule has 0 heterocycles. The van der Waals surface area contributed by atoms with Gasteiger partial charge in [-0.3, -0.25) is 0 Å². The number of nitriles is 1. The van der Waals surface area contributed by atoms with E-state index < -0.39 is 0 Å². The van der Waals surface area contributed by atoms with E-state index in [-0.39, 0.29) is 0 Å². The first-order valence-electron chi connectivity index (χ1n) is 7.11. The van der Waals surface area contributed by atoms with Crippen molar-refractivity contribution in [3.8, 4) is 18.4 Å². The molecule has 106 valence electrons. The van der Waals surface area contributed by atoms with Gasteiger partial charge in [0.15, 0.2) is 0 Å². The van der Waals surface area contributed by atoms with Gasteiger partial charge in [-0.25, -0.2) is 0 Å². The molecule has 0 atom stereocenters. The third-order valence-corrected chi connectivity index (χ3v) is 3.36. The molecular formula is C21H17N. The molecule has 2 bridgehead atoms. The Hall–Kier alpha value is -3.03. The highest BCUT2D eigenvalue weighted by Gasteiger charge is 2.04. The highest BCUT2D eigenvalue weighted by molar-refractivity contribution is 5.54. The van der Waals surface area contributed by atoms with Gasteiger partial charge in [-0.05, 0) is 41.7 Å². The van der Waals surface area contributed by atoms with Crippen LogP contribution in [-0.4, -0.2) is 0 Å². The molecule has 0 unspecified atom stereocenters. The summed E-state index contributed by atoms with van der Waals surface area (Å²) in [6.45, 7) is 1.86. The maximum absolute atomic E-state index is 9.39. The first-order valence-corrected chi connectivity index (χ1v) is 7.11. The fraction of sp³-hybridized carbons (Fsp3) is 0.0952. The summed E-state index contributed by atoms with van der Waals surface area (Å²) in [4.78, 5) is 0. The van der Waals surface area contributed by atoms with Gasteiger partial charge in [-0.1, -0.05) is 66.7 Å². The van der Waals surface area contributed by atoms with E-state index in [9.17, 15) is 5.26 Å². The Kier molecular flexibility index (Phi) is 5.36. The molecule has 1 heteroatoms. The predicted octanol–water partition coefficient (Wildman–Crippen LogP) is 4.88. The van der Waals surface area contributed by atoms with E-state index in [0.717, 1.165) is 17.6 Å². The van der Waals surface area contributed by atoms with Gasteiger partial charge >= 0.3 is 0 Å². The first-order chi connectivity index (χ1) is 10.7. The van der Waals surface area contributed by atoms with Crippen LogP contribution in [0.5, 0.6) is 0 Å². The molecule has 0 saturated heterocycles. The molecule has 0 radical (unpaired) electrons. The highest BCUT2D eigenvalue weighted by atomic mass is 14.2. The topological polar surface area (TPSA) is 23.8 Å². The van der Waals surface area contributed by atoms with Gasteiger partial charge in [-0.15, -0.1) is 6.42 Å². The minimum absolute atomic E-state index is 0.612. The largest absolute Gasteiger partial charge is 0.192 e. The van der Waals surface area contributed by atoms with Crippen molar-refractivity contribution in [2.45, 2.75) is 13.3 Å². The van der Waals surface area contributed by atoms with Crippen LogP contribution in [0.3, 0.4) is 0 Å². The molecular weight excluding hydrogens is 266 g/mol. The Bertz CT molecular complexity index is 739. The third-order valence-electron chi connectivity index (χ3n) is 3.36. The summed E-state index contributed by atoms with van der Waals surface area (Å²) in [7, 11) is 0. The molecule has 22 heavy (non-hydrogen) atoms. The molecule has 0 amide bonds. The van der Waals surface area contributed by atoms with E-state index in [4.69, 9.17) is 6.42 Å². The van der Waals surface area contributed by atoms with Crippen LogP contribution in [0, 0.1) is 23.7 Å². The molecule has 0 saturated carbocycles. The lowest BCUT2D eigenvalue weighted by Crippen LogP contribution is -1.89. The Morgan fingerprint density at radius 2 is 1.77 bits per heavy atom. The Morgan fingerprint density at radius 3 is 2.32 bits per heavy atom. The van der Waals surface area contributed by atoms with Gasteiger partial charge in [0, 0.05) is 0 Å². The maximum atomic E-state index is 9.39. The average molecular weight is 283 g/mol. The second-order valence-electron chi connectivity index (χ2n) is 5.05. The molecule has 0 aromatic carbocycles. The first kappa shape index (κ1) is 15.4. The molecule has 0 fully saturated rings. The lowest BCUT2D eigenvalue weighted by molar-refractivity contribution is 1.20. The lowest BCUT2D eigenvalue weighted by atomic mass is 9.98. The fourth-order valence-corrected chi connectivity index (χ4v) is 2.10. The normalized spacial score (nSPS) is 20.0. The van der Waals surface area contributed by atoms with Crippen molar-refractivity contribution < 1.29 is 0 Å². The fourth-order valence-electron chi connectivity index (χ4n) is 2.10. The Labute approximate surface area is 132 Å². The zero-order valence-corrected chi connectivity index (χ0v) is 12.6. The highest BCUT2D eigenvalue weighted by Crippen LogP contribution is 2.22. The summed E-state index contributed by atoms with van der Waals surface area (Å²) >= 11 is 0. The van der Waals surface area contributed by atoms with Crippen molar-refractivity contribution in [1.29, 1.82) is 5.26 Å². The van der Waals surface area contributed by atoms with Gasteiger partial charge in [-0.2, -0.15) is 5.26 Å². The van der Waals surface area contributed by atoms with Crippen molar-refractivity contribution in [3.05, 3.63) is 94.7 Å². The third kappa shape index (κ3) is 4.23. The number of hydrogen-bond acceptors (Lipinski definition) is 1. The zero-order valence-electron chi connectivity index (χ0n) is 12.6. The van der Waals surface area contributed by atoms with Crippen molar-refractivity contribution in [1.82, 2.24) is 0 Å². The van der Waals surface area contributed by atoms with Crippen molar-refractivity contribution >= 4 is 0 Å². The second kappa shape index (κ2) is 7.67. The van der Waals surface area contributed by atoms with E-state index in [1.54, 1.807) is 6.08 Å². The van der Waals surface area contributed by atoms with Crippen LogP contribution < -0.4 is 0 Å². The minimum atomic E-state index is 0.612. The average Bonchev–Trinajstić information content (AvgIpc) is 2.77. The molecule has 0 aromatic heterocycles. The van der Waals surface area contributed by atoms with Gasteiger partial charge in [0.1, 0.15) is 0 Å². The van der Waals surface area contributed by atoms with E-state index in [1.807, 2.05) is 43.4 Å². The van der Waals surface area contributed by atoms with Gasteiger partial charge in [0.05, 0.1) is 11.6 Å². The maximum Gasteiger partial charge on any atom is 0.0997 e. The smallest absolute Gasteiger partial charge is 0.0997 e. The number of allylic oxidation sites excluding steroid dienone is 16. The monoisotopic (exact) mass is 283 g/mol. The summed E-state index contributed by atoms with van der Waals surface area (Å²) in [5, 5.41) is 9.39. The van der Waals surface area contributed by atoms with Crippen LogP contribution in [0.1, 0.15) is 13.3 Å². The summed E-state index contributed by atoms with van der Waals surface area (Å²) in [6.07, 6.45) is 28.0. The van der Waals surface area contributed by atoms with Gasteiger partial charge in [0.2, 0.25) is 0 Å². The van der Waals surface area contributed by atoms with Crippen LogP contribution in [0.2, 0.25) is 0 Å². The van der Waals surface area contributed by atoms with Crippen LogP contribution >= 0.6 is 0 Å². The van der Waals surface area contributed by atoms with Gasteiger partial charge in [0.25, 0.3) is 0 Å². The molecule has 1 nitrogen and oxygen atoms in total. The quantitative estimate of drug-likeness (QED) is 0.402. The minimum Gasteiger partial charge on any atom is -0.192 e. The van der Waals surface area contributed by atoms with E-state index in [1.165, 1.54) is 11.1 Å². The second-order valence-corrected chi connectivity index (χ2v) is 5.05. The van der Waals surface area contributed by atoms with E-state index in [0.29, 0.717) is 5.57 Å². The van der Waals surface area contributed by atoms with Crippen molar-refractivity contribution in [2.75, 3.05) is 0 Å². The SMILES string of the molecule is C#C/C(C)=C\C=C\C(C#N)=C1/C=C\C2=CC=CC=C(/C=C\1)C2. The van der Waals surface area contributed by atoms with Crippen LogP contribution in [-0.2, 0) is 0 Å². The van der Waals surface area contributed by atoms with E-state index in [2.05, 4.69) is 36.3 Å². The number of hydrogen-bond donors (Lipinski definition) is 0. The number of rotatable bonds is 2. The lowest BCUT2D eigenvalue weighted by Gasteiger charge is -2.07. The summed E-state index contributed by atoms with van der Waals surface area (Å²) in [5.74, 6) is 2.55. The Morgan fingerprint density at radius 1 is 1.14 bits per heavy atom. The molecule has 2 rings (SSSR count). The molecule has 0 spiro atoms.